The van der Waals surface area contributed by atoms with Crippen LogP contribution in [0.15, 0.2) is 24.3 Å². The molecule has 0 heterocycles. The van der Waals surface area contributed by atoms with Gasteiger partial charge in [0.2, 0.25) is 0 Å². The van der Waals surface area contributed by atoms with E-state index in [0.717, 1.165) is 12.8 Å². The van der Waals surface area contributed by atoms with Crippen molar-refractivity contribution in [3.8, 4) is 0 Å². The third kappa shape index (κ3) is 2.92. The monoisotopic (exact) mass is 219 g/mol. The Kier molecular flexibility index (Phi) is 4.25. The van der Waals surface area contributed by atoms with Crippen LogP contribution in [0.2, 0.25) is 0 Å². The summed E-state index contributed by atoms with van der Waals surface area (Å²) in [5, 5.41) is 0. The lowest BCUT2D eigenvalue weighted by Crippen LogP contribution is -2.46. The lowest BCUT2D eigenvalue weighted by atomic mass is 9.86. The minimum Gasteiger partial charge on any atom is -0.319 e. The third-order valence-electron chi connectivity index (χ3n) is 3.43. The van der Waals surface area contributed by atoms with Gasteiger partial charge in [0.15, 0.2) is 0 Å². The molecule has 0 aliphatic carbocycles. The number of nitrogens with two attached hydrogens (primary N) is 1. The minimum atomic E-state index is -0.651. The molecule has 1 aromatic rings. The largest absolute Gasteiger partial charge is 0.319 e. The van der Waals surface area contributed by atoms with Gasteiger partial charge >= 0.3 is 0 Å². The molecule has 2 nitrogen and oxygen atoms in total. The summed E-state index contributed by atoms with van der Waals surface area (Å²) in [7, 11) is 0. The molecule has 0 aliphatic rings. The fourth-order valence-corrected chi connectivity index (χ4v) is 1.85. The molecule has 0 bridgehead atoms. The summed E-state index contributed by atoms with van der Waals surface area (Å²) < 4.78 is 0. The first-order chi connectivity index (χ1) is 7.49. The minimum absolute atomic E-state index is 0.0867. The molecule has 2 N–H and O–H groups in total. The molecule has 0 saturated carbocycles. The van der Waals surface area contributed by atoms with E-state index in [1.54, 1.807) is 6.92 Å². The molecule has 0 spiro atoms. The Morgan fingerprint density at radius 2 is 2.00 bits per heavy atom. The third-order valence-corrected chi connectivity index (χ3v) is 3.43. The topological polar surface area (TPSA) is 43.1 Å². The van der Waals surface area contributed by atoms with E-state index >= 15 is 0 Å². The van der Waals surface area contributed by atoms with Crippen molar-refractivity contribution >= 4 is 5.78 Å². The summed E-state index contributed by atoms with van der Waals surface area (Å²) in [4.78, 5) is 11.5. The zero-order valence-electron chi connectivity index (χ0n) is 10.4. The fourth-order valence-electron chi connectivity index (χ4n) is 1.85. The summed E-state index contributed by atoms with van der Waals surface area (Å²) >= 11 is 0. The van der Waals surface area contributed by atoms with Crippen molar-refractivity contribution in [1.29, 1.82) is 0 Å². The Labute approximate surface area is 97.9 Å². The van der Waals surface area contributed by atoms with E-state index in [2.05, 4.69) is 19.1 Å². The number of benzene rings is 1. The van der Waals surface area contributed by atoms with Crippen LogP contribution >= 0.6 is 0 Å². The molecular weight excluding hydrogens is 198 g/mol. The second-order valence-corrected chi connectivity index (χ2v) is 4.49. The molecule has 1 rings (SSSR count). The number of carbonyl (C=O) groups is 1. The van der Waals surface area contributed by atoms with Gasteiger partial charge in [-0.15, -0.1) is 0 Å². The molecule has 0 radical (unpaired) electrons. The molecule has 0 saturated heterocycles. The van der Waals surface area contributed by atoms with Gasteiger partial charge in [0.05, 0.1) is 5.54 Å². The molecule has 1 atom stereocenters. The van der Waals surface area contributed by atoms with Gasteiger partial charge in [0.1, 0.15) is 5.78 Å². The molecular formula is C14H21NO. The Morgan fingerprint density at radius 3 is 2.50 bits per heavy atom. The number of ketones is 1. The Bertz CT molecular complexity index is 373. The summed E-state index contributed by atoms with van der Waals surface area (Å²) in [6.45, 7) is 5.65. The molecule has 1 aromatic carbocycles. The average Bonchev–Trinajstić information content (AvgIpc) is 2.27. The predicted molar refractivity (Wildman–Crippen MR) is 67.4 cm³/mol. The van der Waals surface area contributed by atoms with Crippen LogP contribution in [0.1, 0.15) is 37.8 Å². The van der Waals surface area contributed by atoms with Crippen molar-refractivity contribution in [3.63, 3.8) is 0 Å². The Balaban J connectivity index is 2.71. The summed E-state index contributed by atoms with van der Waals surface area (Å²) in [6.07, 6.45) is 2.30. The smallest absolute Gasteiger partial charge is 0.149 e. The average molecular weight is 219 g/mol. The highest BCUT2D eigenvalue weighted by Crippen LogP contribution is 2.18. The fraction of sp³-hybridized carbons (Fsp3) is 0.500. The first-order valence-corrected chi connectivity index (χ1v) is 5.84. The van der Waals surface area contributed by atoms with E-state index in [4.69, 9.17) is 5.73 Å². The van der Waals surface area contributed by atoms with Gasteiger partial charge in [0.25, 0.3) is 0 Å². The van der Waals surface area contributed by atoms with Crippen LogP contribution in [0.3, 0.4) is 0 Å². The first kappa shape index (κ1) is 12.9. The van der Waals surface area contributed by atoms with Crippen LogP contribution < -0.4 is 5.73 Å². The first-order valence-electron chi connectivity index (χ1n) is 5.84. The Hall–Kier alpha value is -1.15. The lowest BCUT2D eigenvalue weighted by Gasteiger charge is -2.25. The van der Waals surface area contributed by atoms with Crippen LogP contribution in [-0.2, 0) is 11.2 Å². The zero-order chi connectivity index (χ0) is 12.2. The normalized spacial score (nSPS) is 14.5. The second kappa shape index (κ2) is 5.26. The quantitative estimate of drug-likeness (QED) is 0.827. The second-order valence-electron chi connectivity index (χ2n) is 4.49. The van der Waals surface area contributed by atoms with E-state index in [1.807, 2.05) is 19.1 Å². The lowest BCUT2D eigenvalue weighted by molar-refractivity contribution is -0.122. The highest BCUT2D eigenvalue weighted by atomic mass is 16.1. The maximum absolute atomic E-state index is 11.5. The van der Waals surface area contributed by atoms with Gasteiger partial charge in [-0.2, -0.15) is 0 Å². The van der Waals surface area contributed by atoms with Crippen molar-refractivity contribution in [2.24, 2.45) is 5.73 Å². The van der Waals surface area contributed by atoms with Crippen LogP contribution in [-0.4, -0.2) is 11.3 Å². The number of hydrogen-bond donors (Lipinski definition) is 1. The van der Waals surface area contributed by atoms with Gasteiger partial charge in [-0.3, -0.25) is 4.79 Å². The van der Waals surface area contributed by atoms with Crippen LogP contribution in [0.5, 0.6) is 0 Å². The van der Waals surface area contributed by atoms with Crippen molar-refractivity contribution < 1.29 is 4.79 Å². The summed E-state index contributed by atoms with van der Waals surface area (Å²) in [5.74, 6) is 0.0867. The van der Waals surface area contributed by atoms with Crippen molar-refractivity contribution in [3.05, 3.63) is 35.4 Å². The van der Waals surface area contributed by atoms with Crippen molar-refractivity contribution in [2.45, 2.75) is 45.6 Å². The maximum atomic E-state index is 11.5. The number of rotatable bonds is 5. The van der Waals surface area contributed by atoms with Crippen molar-refractivity contribution in [1.82, 2.24) is 0 Å². The van der Waals surface area contributed by atoms with E-state index in [9.17, 15) is 4.79 Å². The van der Waals surface area contributed by atoms with Gasteiger partial charge < -0.3 is 5.73 Å². The predicted octanol–water partition coefficient (Wildman–Crippen LogP) is 2.62. The number of Topliss-reactive ketones (excluding diaryl/α,β-unsaturated/α-hetero) is 1. The maximum Gasteiger partial charge on any atom is 0.149 e. The SMILES string of the molecule is CCC(N)(CCc1ccccc1C)C(C)=O. The van der Waals surface area contributed by atoms with Gasteiger partial charge in [-0.25, -0.2) is 0 Å². The van der Waals surface area contributed by atoms with E-state index in [-0.39, 0.29) is 5.78 Å². The summed E-state index contributed by atoms with van der Waals surface area (Å²) in [6, 6.07) is 8.25. The van der Waals surface area contributed by atoms with E-state index in [0.29, 0.717) is 6.42 Å². The molecule has 0 aromatic heterocycles. The molecule has 0 fully saturated rings. The van der Waals surface area contributed by atoms with Crippen LogP contribution in [0, 0.1) is 6.92 Å². The molecule has 2 heteroatoms. The molecule has 0 amide bonds. The van der Waals surface area contributed by atoms with Crippen LogP contribution in [0.4, 0.5) is 0 Å². The Morgan fingerprint density at radius 1 is 1.38 bits per heavy atom. The molecule has 1 unspecified atom stereocenters. The van der Waals surface area contributed by atoms with E-state index in [1.165, 1.54) is 11.1 Å². The number of aryl methyl sites for hydroxylation is 2. The highest BCUT2D eigenvalue weighted by Gasteiger charge is 2.27. The zero-order valence-corrected chi connectivity index (χ0v) is 10.4. The highest BCUT2D eigenvalue weighted by molar-refractivity contribution is 5.85. The van der Waals surface area contributed by atoms with Gasteiger partial charge in [0, 0.05) is 0 Å². The molecule has 88 valence electrons. The van der Waals surface area contributed by atoms with Crippen molar-refractivity contribution in [2.75, 3.05) is 0 Å². The number of carbonyl (C=O) groups excluding carboxylic acids is 1. The van der Waals surface area contributed by atoms with Gasteiger partial charge in [-0.05, 0) is 44.2 Å². The number of hydrogen-bond acceptors (Lipinski definition) is 2. The standard InChI is InChI=1S/C14H21NO/c1-4-14(15,12(3)16)10-9-13-8-6-5-7-11(13)2/h5-8H,4,9-10,15H2,1-3H3. The van der Waals surface area contributed by atoms with E-state index < -0.39 is 5.54 Å². The molecule has 16 heavy (non-hydrogen) atoms. The summed E-state index contributed by atoms with van der Waals surface area (Å²) in [5.41, 5.74) is 7.99. The van der Waals surface area contributed by atoms with Crippen LogP contribution in [0.25, 0.3) is 0 Å². The van der Waals surface area contributed by atoms with Gasteiger partial charge in [-0.1, -0.05) is 31.2 Å². The molecule has 0 aliphatic heterocycles.